The van der Waals surface area contributed by atoms with Gasteiger partial charge in [0.05, 0.1) is 13.2 Å². The molecule has 0 aliphatic carbocycles. The van der Waals surface area contributed by atoms with Gasteiger partial charge in [0.2, 0.25) is 0 Å². The van der Waals surface area contributed by atoms with E-state index in [2.05, 4.69) is 5.32 Å². The first-order chi connectivity index (χ1) is 12.4. The lowest BCUT2D eigenvalue weighted by molar-refractivity contribution is -0.151. The lowest BCUT2D eigenvalue weighted by Crippen LogP contribution is -2.55. The molecule has 1 aromatic carbocycles. The number of likely N-dealkylation sites (tertiary alicyclic amines) is 1. The number of carbonyl (C=O) groups is 2. The van der Waals surface area contributed by atoms with Crippen LogP contribution < -0.4 is 5.32 Å². The van der Waals surface area contributed by atoms with E-state index in [4.69, 9.17) is 4.74 Å². The second-order valence-corrected chi connectivity index (χ2v) is 7.09. The van der Waals surface area contributed by atoms with Crippen molar-refractivity contribution in [1.82, 2.24) is 9.80 Å². The molecule has 1 N–H and O–H groups in total. The number of morpholine rings is 1. The van der Waals surface area contributed by atoms with Crippen molar-refractivity contribution >= 4 is 17.6 Å². The van der Waals surface area contributed by atoms with Crippen LogP contribution in [0.15, 0.2) is 18.2 Å². The van der Waals surface area contributed by atoms with Crippen LogP contribution in [0.4, 0.5) is 14.9 Å². The number of urea groups is 1. The van der Waals surface area contributed by atoms with Gasteiger partial charge in [-0.05, 0) is 37.1 Å². The summed E-state index contributed by atoms with van der Waals surface area (Å²) in [6, 6.07) is 5.47. The molecule has 2 aliphatic heterocycles. The second-order valence-electron chi connectivity index (χ2n) is 7.09. The number of hydrogen-bond acceptors (Lipinski definition) is 3. The van der Waals surface area contributed by atoms with Gasteiger partial charge in [0, 0.05) is 44.7 Å². The van der Waals surface area contributed by atoms with E-state index >= 15 is 4.39 Å². The standard InChI is InChI=1S/C19H26FN3O3/c1-14-3-4-16(13-15(14)2)21-18(25)23-7-5-19(20,6-8-23)17(24)22-9-11-26-12-10-22/h3-4,13H,5-12H2,1-2H3,(H,21,25). The van der Waals surface area contributed by atoms with E-state index in [1.807, 2.05) is 32.0 Å². The van der Waals surface area contributed by atoms with Crippen LogP contribution in [0.5, 0.6) is 0 Å². The van der Waals surface area contributed by atoms with Crippen LogP contribution in [0.25, 0.3) is 0 Å². The molecular weight excluding hydrogens is 337 g/mol. The van der Waals surface area contributed by atoms with Gasteiger partial charge in [-0.25, -0.2) is 9.18 Å². The third kappa shape index (κ3) is 3.98. The summed E-state index contributed by atoms with van der Waals surface area (Å²) in [6.07, 6.45) is 0.0626. The van der Waals surface area contributed by atoms with Gasteiger partial charge >= 0.3 is 6.03 Å². The number of nitrogens with one attached hydrogen (secondary N) is 1. The van der Waals surface area contributed by atoms with E-state index < -0.39 is 11.6 Å². The molecule has 0 radical (unpaired) electrons. The summed E-state index contributed by atoms with van der Waals surface area (Å²) < 4.78 is 20.3. The average Bonchev–Trinajstić information content (AvgIpc) is 2.65. The number of carbonyl (C=O) groups excluding carboxylic acids is 2. The highest BCUT2D eigenvalue weighted by Gasteiger charge is 2.45. The van der Waals surface area contributed by atoms with Crippen LogP contribution >= 0.6 is 0 Å². The number of alkyl halides is 1. The number of halogens is 1. The molecular formula is C19H26FN3O3. The Labute approximate surface area is 153 Å². The number of hydrogen-bond donors (Lipinski definition) is 1. The molecule has 26 heavy (non-hydrogen) atoms. The van der Waals surface area contributed by atoms with Crippen molar-refractivity contribution in [2.45, 2.75) is 32.4 Å². The Balaban J connectivity index is 1.56. The molecule has 2 fully saturated rings. The predicted molar refractivity (Wildman–Crippen MR) is 97.0 cm³/mol. The molecule has 2 heterocycles. The minimum Gasteiger partial charge on any atom is -0.378 e. The maximum absolute atomic E-state index is 15.1. The van der Waals surface area contributed by atoms with Crippen LogP contribution in [0, 0.1) is 13.8 Å². The summed E-state index contributed by atoms with van der Waals surface area (Å²) >= 11 is 0. The van der Waals surface area contributed by atoms with E-state index in [0.29, 0.717) is 26.3 Å². The maximum Gasteiger partial charge on any atom is 0.321 e. The third-order valence-corrected chi connectivity index (χ3v) is 5.28. The highest BCUT2D eigenvalue weighted by Crippen LogP contribution is 2.29. The Morgan fingerprint density at radius 3 is 2.31 bits per heavy atom. The monoisotopic (exact) mass is 363 g/mol. The fourth-order valence-corrected chi connectivity index (χ4v) is 3.35. The van der Waals surface area contributed by atoms with Gasteiger partial charge in [0.1, 0.15) is 0 Å². The van der Waals surface area contributed by atoms with Crippen LogP contribution in [-0.2, 0) is 9.53 Å². The Kier molecular flexibility index (Phi) is 5.46. The highest BCUT2D eigenvalue weighted by atomic mass is 19.1. The third-order valence-electron chi connectivity index (χ3n) is 5.28. The van der Waals surface area contributed by atoms with Crippen molar-refractivity contribution in [2.24, 2.45) is 0 Å². The van der Waals surface area contributed by atoms with Gasteiger partial charge in [-0.15, -0.1) is 0 Å². The Morgan fingerprint density at radius 2 is 1.69 bits per heavy atom. The number of benzene rings is 1. The number of amides is 3. The smallest absolute Gasteiger partial charge is 0.321 e. The predicted octanol–water partition coefficient (Wildman–Crippen LogP) is 2.50. The van der Waals surface area contributed by atoms with Crippen molar-refractivity contribution < 1.29 is 18.7 Å². The van der Waals surface area contributed by atoms with E-state index in [1.165, 1.54) is 4.90 Å². The quantitative estimate of drug-likeness (QED) is 0.878. The first kappa shape index (κ1) is 18.6. The van der Waals surface area contributed by atoms with Crippen LogP contribution in [0.2, 0.25) is 0 Å². The highest BCUT2D eigenvalue weighted by molar-refractivity contribution is 5.90. The lowest BCUT2D eigenvalue weighted by Gasteiger charge is -2.39. The summed E-state index contributed by atoms with van der Waals surface area (Å²) in [4.78, 5) is 28.0. The van der Waals surface area contributed by atoms with Crippen LogP contribution in [0.1, 0.15) is 24.0 Å². The summed E-state index contributed by atoms with van der Waals surface area (Å²) in [7, 11) is 0. The minimum atomic E-state index is -1.88. The molecule has 0 bridgehead atoms. The number of piperidine rings is 1. The Bertz CT molecular complexity index is 681. The molecule has 6 nitrogen and oxygen atoms in total. The molecule has 3 amide bonds. The molecule has 0 unspecified atom stereocenters. The molecule has 0 saturated carbocycles. The zero-order valence-electron chi connectivity index (χ0n) is 15.4. The normalized spacial score (nSPS) is 20.0. The van der Waals surface area contributed by atoms with Crippen molar-refractivity contribution in [3.63, 3.8) is 0 Å². The SMILES string of the molecule is Cc1ccc(NC(=O)N2CCC(F)(C(=O)N3CCOCC3)CC2)cc1C. The number of rotatable bonds is 2. The van der Waals surface area contributed by atoms with E-state index in [0.717, 1.165) is 16.8 Å². The average molecular weight is 363 g/mol. The number of anilines is 1. The molecule has 0 atom stereocenters. The van der Waals surface area contributed by atoms with Crippen molar-refractivity contribution in [3.05, 3.63) is 29.3 Å². The molecule has 3 rings (SSSR count). The van der Waals surface area contributed by atoms with Gasteiger partial charge in [0.25, 0.3) is 5.91 Å². The summed E-state index contributed by atoms with van der Waals surface area (Å²) in [5.41, 5.74) is 1.10. The second kappa shape index (κ2) is 7.61. The largest absolute Gasteiger partial charge is 0.378 e. The Morgan fingerprint density at radius 1 is 1.04 bits per heavy atom. The van der Waals surface area contributed by atoms with Gasteiger partial charge < -0.3 is 19.9 Å². The Hall–Kier alpha value is -2.15. The topological polar surface area (TPSA) is 61.9 Å². The number of aryl methyl sites for hydroxylation is 2. The van der Waals surface area contributed by atoms with Gasteiger partial charge in [-0.1, -0.05) is 6.07 Å². The summed E-state index contributed by atoms with van der Waals surface area (Å²) in [5.74, 6) is -0.463. The molecule has 7 heteroatoms. The van der Waals surface area contributed by atoms with Crippen molar-refractivity contribution in [1.29, 1.82) is 0 Å². The number of ether oxygens (including phenoxy) is 1. The van der Waals surface area contributed by atoms with Crippen LogP contribution in [-0.4, -0.2) is 66.8 Å². The fraction of sp³-hybridized carbons (Fsp3) is 0.579. The number of nitrogens with zero attached hydrogens (tertiary/aromatic N) is 2. The molecule has 2 aliphatic rings. The zero-order chi connectivity index (χ0) is 18.7. The molecule has 1 aromatic rings. The molecule has 0 aromatic heterocycles. The van der Waals surface area contributed by atoms with E-state index in [-0.39, 0.29) is 32.0 Å². The lowest BCUT2D eigenvalue weighted by atomic mass is 9.91. The van der Waals surface area contributed by atoms with Crippen LogP contribution in [0.3, 0.4) is 0 Å². The van der Waals surface area contributed by atoms with E-state index in [9.17, 15) is 9.59 Å². The van der Waals surface area contributed by atoms with Crippen molar-refractivity contribution in [2.75, 3.05) is 44.7 Å². The summed E-state index contributed by atoms with van der Waals surface area (Å²) in [5, 5.41) is 2.85. The molecule has 142 valence electrons. The van der Waals surface area contributed by atoms with Gasteiger partial charge in [-0.3, -0.25) is 4.79 Å². The molecule has 2 saturated heterocycles. The minimum absolute atomic E-state index is 0.0313. The van der Waals surface area contributed by atoms with E-state index in [1.54, 1.807) is 4.90 Å². The van der Waals surface area contributed by atoms with Gasteiger partial charge in [-0.2, -0.15) is 0 Å². The van der Waals surface area contributed by atoms with Crippen molar-refractivity contribution in [3.8, 4) is 0 Å². The fourth-order valence-electron chi connectivity index (χ4n) is 3.35. The zero-order valence-corrected chi connectivity index (χ0v) is 15.4. The first-order valence-electron chi connectivity index (χ1n) is 9.08. The first-order valence-corrected chi connectivity index (χ1v) is 9.08. The maximum atomic E-state index is 15.1. The molecule has 0 spiro atoms. The summed E-state index contributed by atoms with van der Waals surface area (Å²) in [6.45, 7) is 6.21. The van der Waals surface area contributed by atoms with Gasteiger partial charge in [0.15, 0.2) is 5.67 Å².